The van der Waals surface area contributed by atoms with Gasteiger partial charge in [0, 0.05) is 19.6 Å². The third-order valence-electron chi connectivity index (χ3n) is 5.19. The number of hydrogen-bond donors (Lipinski definition) is 2. The Labute approximate surface area is 139 Å². The number of carboxylic acid groups (broad SMARTS) is 1. The largest absolute Gasteiger partial charge is 0.481 e. The lowest BCUT2D eigenvalue weighted by Gasteiger charge is -2.35. The fourth-order valence-electron chi connectivity index (χ4n) is 3.92. The molecule has 138 valence electrons. The van der Waals surface area contributed by atoms with Crippen molar-refractivity contribution in [3.8, 4) is 0 Å². The van der Waals surface area contributed by atoms with E-state index in [1.165, 1.54) is 0 Å². The molecule has 2 amide bonds. The van der Waals surface area contributed by atoms with Crippen molar-refractivity contribution in [1.82, 2.24) is 10.2 Å². The first-order valence-corrected chi connectivity index (χ1v) is 8.32. The number of aliphatic carboxylic acids is 1. The molecule has 3 atom stereocenters. The van der Waals surface area contributed by atoms with E-state index in [1.54, 1.807) is 0 Å². The number of nitrogens with zero attached hydrogens (tertiary/aromatic N) is 1. The molecule has 0 aromatic carbocycles. The highest BCUT2D eigenvalue weighted by Gasteiger charge is 2.53. The fourth-order valence-corrected chi connectivity index (χ4v) is 3.92. The molecule has 1 saturated heterocycles. The maximum absolute atomic E-state index is 12.9. The number of carboxylic acids is 1. The van der Waals surface area contributed by atoms with Crippen molar-refractivity contribution in [1.29, 1.82) is 0 Å². The number of amides is 2. The molecule has 1 aliphatic heterocycles. The lowest BCUT2D eigenvalue weighted by Crippen LogP contribution is -2.42. The zero-order chi connectivity index (χ0) is 18.1. The number of halogens is 3. The summed E-state index contributed by atoms with van der Waals surface area (Å²) < 4.78 is 38.8. The van der Waals surface area contributed by atoms with Crippen LogP contribution in [0.4, 0.5) is 18.0 Å². The van der Waals surface area contributed by atoms with Crippen molar-refractivity contribution in [2.24, 2.45) is 23.2 Å². The number of nitrogens with one attached hydrogen (secondary N) is 1. The second-order valence-corrected chi connectivity index (χ2v) is 7.81. The van der Waals surface area contributed by atoms with Gasteiger partial charge in [0.05, 0.1) is 11.8 Å². The highest BCUT2D eigenvalue weighted by atomic mass is 19.4. The Morgan fingerprint density at radius 2 is 1.96 bits per heavy atom. The molecular weight excluding hydrogens is 325 g/mol. The van der Waals surface area contributed by atoms with Crippen molar-refractivity contribution < 1.29 is 27.9 Å². The van der Waals surface area contributed by atoms with Crippen molar-refractivity contribution in [2.45, 2.75) is 45.7 Å². The molecule has 0 radical (unpaired) electrons. The number of urea groups is 1. The van der Waals surface area contributed by atoms with Crippen LogP contribution in [0.2, 0.25) is 0 Å². The third kappa shape index (κ3) is 4.54. The van der Waals surface area contributed by atoms with E-state index in [4.69, 9.17) is 5.11 Å². The third-order valence-corrected chi connectivity index (χ3v) is 5.19. The number of likely N-dealkylation sites (tertiary alicyclic amines) is 1. The molecule has 1 aliphatic carbocycles. The van der Waals surface area contributed by atoms with Gasteiger partial charge in [-0.15, -0.1) is 0 Å². The summed E-state index contributed by atoms with van der Waals surface area (Å²) in [6, 6.07) is -0.601. The number of rotatable bonds is 3. The van der Waals surface area contributed by atoms with Crippen LogP contribution in [0.15, 0.2) is 0 Å². The van der Waals surface area contributed by atoms with Gasteiger partial charge in [-0.2, -0.15) is 13.2 Å². The second kappa shape index (κ2) is 6.80. The van der Waals surface area contributed by atoms with Crippen LogP contribution in [0.5, 0.6) is 0 Å². The number of carbonyl (C=O) groups excluding carboxylic acids is 1. The summed E-state index contributed by atoms with van der Waals surface area (Å²) >= 11 is 0. The van der Waals surface area contributed by atoms with Crippen LogP contribution in [-0.4, -0.2) is 47.8 Å². The second-order valence-electron chi connectivity index (χ2n) is 7.81. The van der Waals surface area contributed by atoms with Gasteiger partial charge in [0.1, 0.15) is 0 Å². The van der Waals surface area contributed by atoms with Gasteiger partial charge < -0.3 is 15.3 Å². The maximum Gasteiger partial charge on any atom is 0.394 e. The van der Waals surface area contributed by atoms with Crippen LogP contribution in [0.1, 0.15) is 39.5 Å². The van der Waals surface area contributed by atoms with Crippen LogP contribution in [0, 0.1) is 23.2 Å². The summed E-state index contributed by atoms with van der Waals surface area (Å²) in [6.45, 7) is 3.77. The Bertz CT molecular complexity index is 493. The minimum Gasteiger partial charge on any atom is -0.481 e. The van der Waals surface area contributed by atoms with Gasteiger partial charge >= 0.3 is 18.2 Å². The van der Waals surface area contributed by atoms with Gasteiger partial charge in [0.15, 0.2) is 0 Å². The molecular formula is C16H25F3N2O3. The van der Waals surface area contributed by atoms with E-state index >= 15 is 0 Å². The summed E-state index contributed by atoms with van der Waals surface area (Å²) in [5, 5.41) is 11.7. The predicted molar refractivity (Wildman–Crippen MR) is 81.4 cm³/mol. The van der Waals surface area contributed by atoms with Crippen LogP contribution in [0.25, 0.3) is 0 Å². The highest BCUT2D eigenvalue weighted by molar-refractivity contribution is 5.77. The Morgan fingerprint density at radius 3 is 2.46 bits per heavy atom. The Kier molecular flexibility index (Phi) is 5.34. The number of alkyl halides is 3. The molecule has 2 N–H and O–H groups in total. The first-order valence-electron chi connectivity index (χ1n) is 8.32. The first kappa shape index (κ1) is 18.9. The van der Waals surface area contributed by atoms with Crippen LogP contribution < -0.4 is 5.32 Å². The van der Waals surface area contributed by atoms with E-state index in [1.807, 2.05) is 0 Å². The van der Waals surface area contributed by atoms with Gasteiger partial charge in [0.25, 0.3) is 0 Å². The number of carbonyl (C=O) groups is 2. The molecule has 1 heterocycles. The molecule has 0 aromatic rings. The van der Waals surface area contributed by atoms with Crippen molar-refractivity contribution in [3.63, 3.8) is 0 Å². The summed E-state index contributed by atoms with van der Waals surface area (Å²) in [6.07, 6.45) is -0.445. The average Bonchev–Trinajstić information content (AvgIpc) is 2.89. The van der Waals surface area contributed by atoms with E-state index in [0.29, 0.717) is 12.5 Å². The monoisotopic (exact) mass is 350 g/mol. The van der Waals surface area contributed by atoms with Crippen LogP contribution in [-0.2, 0) is 4.79 Å². The lowest BCUT2D eigenvalue weighted by atomic mass is 9.72. The molecule has 8 heteroatoms. The lowest BCUT2D eigenvalue weighted by molar-refractivity contribution is -0.187. The van der Waals surface area contributed by atoms with Gasteiger partial charge in [-0.3, -0.25) is 4.79 Å². The van der Waals surface area contributed by atoms with Crippen molar-refractivity contribution >= 4 is 12.0 Å². The van der Waals surface area contributed by atoms with E-state index in [0.717, 1.165) is 30.6 Å². The SMILES string of the molecule is CC1(C)CCCC(CNC(=O)N2C[C@@H](C(F)(F)F)[C@H](C(=O)O)C2)C1. The molecule has 2 fully saturated rings. The first-order chi connectivity index (χ1) is 11.0. The van der Waals surface area contributed by atoms with Crippen LogP contribution >= 0.6 is 0 Å². The fraction of sp³-hybridized carbons (Fsp3) is 0.875. The van der Waals surface area contributed by atoms with Gasteiger partial charge in [-0.1, -0.05) is 20.3 Å². The molecule has 2 aliphatic rings. The average molecular weight is 350 g/mol. The molecule has 5 nitrogen and oxygen atoms in total. The minimum atomic E-state index is -4.62. The van der Waals surface area contributed by atoms with E-state index in [9.17, 15) is 22.8 Å². The maximum atomic E-state index is 12.9. The van der Waals surface area contributed by atoms with Crippen molar-refractivity contribution in [2.75, 3.05) is 19.6 Å². The molecule has 1 unspecified atom stereocenters. The molecule has 1 saturated carbocycles. The van der Waals surface area contributed by atoms with E-state index < -0.39 is 43.1 Å². The van der Waals surface area contributed by atoms with Gasteiger partial charge in [-0.05, 0) is 30.6 Å². The Balaban J connectivity index is 1.90. The molecule has 2 rings (SSSR count). The van der Waals surface area contributed by atoms with Crippen LogP contribution in [0.3, 0.4) is 0 Å². The highest BCUT2D eigenvalue weighted by Crippen LogP contribution is 2.39. The molecule has 0 spiro atoms. The molecule has 24 heavy (non-hydrogen) atoms. The summed E-state index contributed by atoms with van der Waals surface area (Å²) in [7, 11) is 0. The van der Waals surface area contributed by atoms with E-state index in [2.05, 4.69) is 19.2 Å². The standard InChI is InChI=1S/C16H25F3N2O3/c1-15(2)5-3-4-10(6-15)7-20-14(24)21-8-11(13(22)23)12(9-21)16(17,18)19/h10-12H,3-9H2,1-2H3,(H,20,24)(H,22,23)/t10?,11-,12-/m1/s1. The predicted octanol–water partition coefficient (Wildman–Crippen LogP) is 3.11. The van der Waals surface area contributed by atoms with Gasteiger partial charge in [-0.25, -0.2) is 4.79 Å². The Morgan fingerprint density at radius 1 is 1.29 bits per heavy atom. The molecule has 0 bridgehead atoms. The normalized spacial score (nSPS) is 30.2. The Hall–Kier alpha value is -1.47. The zero-order valence-corrected chi connectivity index (χ0v) is 14.0. The summed E-state index contributed by atoms with van der Waals surface area (Å²) in [5.41, 5.74) is 0.219. The minimum absolute atomic E-state index is 0.219. The number of hydrogen-bond acceptors (Lipinski definition) is 2. The topological polar surface area (TPSA) is 69.6 Å². The summed E-state index contributed by atoms with van der Waals surface area (Å²) in [5.74, 6) is -4.80. The van der Waals surface area contributed by atoms with Crippen molar-refractivity contribution in [3.05, 3.63) is 0 Å². The smallest absolute Gasteiger partial charge is 0.394 e. The van der Waals surface area contributed by atoms with Gasteiger partial charge in [0.2, 0.25) is 0 Å². The molecule has 0 aromatic heterocycles. The van der Waals surface area contributed by atoms with E-state index in [-0.39, 0.29) is 5.41 Å². The zero-order valence-electron chi connectivity index (χ0n) is 14.0. The summed E-state index contributed by atoms with van der Waals surface area (Å²) in [4.78, 5) is 24.2. The quantitative estimate of drug-likeness (QED) is 0.822.